The van der Waals surface area contributed by atoms with Gasteiger partial charge in [0.25, 0.3) is 0 Å². The monoisotopic (exact) mass is 363 g/mol. The lowest BCUT2D eigenvalue weighted by Crippen LogP contribution is -2.46. The average molecular weight is 363 g/mol. The number of hydrogen-bond acceptors (Lipinski definition) is 5. The number of rotatable bonds is 7. The largest absolute Gasteiger partial charge is 0.461 e. The number of hydrogen-bond donors (Lipinski definition) is 1. The van der Waals surface area contributed by atoms with E-state index in [4.69, 9.17) is 9.47 Å². The number of nitrogens with one attached hydrogen (secondary N) is 1. The summed E-state index contributed by atoms with van der Waals surface area (Å²) >= 11 is 0. The van der Waals surface area contributed by atoms with E-state index >= 15 is 0 Å². The Morgan fingerprint density at radius 2 is 1.65 bits per heavy atom. The molecule has 6 nitrogen and oxygen atoms in total. The first-order valence-electron chi connectivity index (χ1n) is 8.75. The van der Waals surface area contributed by atoms with Crippen molar-refractivity contribution in [3.05, 3.63) is 35.9 Å². The third kappa shape index (κ3) is 7.68. The van der Waals surface area contributed by atoms with Crippen LogP contribution < -0.4 is 5.32 Å². The van der Waals surface area contributed by atoms with Gasteiger partial charge in [0.15, 0.2) is 0 Å². The molecule has 0 spiro atoms. The summed E-state index contributed by atoms with van der Waals surface area (Å²) in [6.07, 6.45) is -0.957. The van der Waals surface area contributed by atoms with Crippen LogP contribution in [0, 0.1) is 0 Å². The third-order valence-electron chi connectivity index (χ3n) is 3.49. The SMILES string of the molecule is CC(=O)C(CC(NC(=O)OC(C)(C)C)C(=O)OC(C)C)c1ccccc1. The van der Waals surface area contributed by atoms with Crippen LogP contribution in [-0.4, -0.2) is 35.6 Å². The van der Waals surface area contributed by atoms with Crippen molar-refractivity contribution in [1.29, 1.82) is 0 Å². The number of ether oxygens (including phenoxy) is 2. The fraction of sp³-hybridized carbons (Fsp3) is 0.550. The first kappa shape index (κ1) is 21.7. The molecule has 0 aliphatic carbocycles. The lowest BCUT2D eigenvalue weighted by molar-refractivity contribution is -0.150. The van der Waals surface area contributed by atoms with Crippen LogP contribution in [-0.2, 0) is 19.1 Å². The second kappa shape index (κ2) is 9.36. The predicted octanol–water partition coefficient (Wildman–Crippen LogP) is 3.59. The number of ketones is 1. The van der Waals surface area contributed by atoms with Crippen LogP contribution in [0.4, 0.5) is 4.79 Å². The molecule has 1 amide bonds. The minimum atomic E-state index is -0.985. The quantitative estimate of drug-likeness (QED) is 0.749. The molecule has 0 fully saturated rings. The molecule has 2 unspecified atom stereocenters. The highest BCUT2D eigenvalue weighted by Crippen LogP contribution is 2.23. The van der Waals surface area contributed by atoms with Gasteiger partial charge in [-0.1, -0.05) is 30.3 Å². The lowest BCUT2D eigenvalue weighted by Gasteiger charge is -2.25. The van der Waals surface area contributed by atoms with Crippen molar-refractivity contribution in [2.45, 2.75) is 71.6 Å². The van der Waals surface area contributed by atoms with Gasteiger partial charge < -0.3 is 14.8 Å². The van der Waals surface area contributed by atoms with Crippen LogP contribution in [0.2, 0.25) is 0 Å². The Labute approximate surface area is 155 Å². The molecule has 0 saturated heterocycles. The summed E-state index contributed by atoms with van der Waals surface area (Å²) < 4.78 is 10.5. The first-order valence-corrected chi connectivity index (χ1v) is 8.75. The van der Waals surface area contributed by atoms with E-state index in [1.54, 1.807) is 34.6 Å². The molecule has 1 aromatic carbocycles. The molecule has 144 valence electrons. The van der Waals surface area contributed by atoms with E-state index < -0.39 is 29.6 Å². The van der Waals surface area contributed by atoms with Crippen molar-refractivity contribution in [2.75, 3.05) is 0 Å². The summed E-state index contributed by atoms with van der Waals surface area (Å²) in [5.74, 6) is -1.21. The molecule has 0 aliphatic rings. The topological polar surface area (TPSA) is 81.7 Å². The van der Waals surface area contributed by atoms with E-state index in [-0.39, 0.29) is 18.3 Å². The van der Waals surface area contributed by atoms with E-state index in [0.717, 1.165) is 5.56 Å². The summed E-state index contributed by atoms with van der Waals surface area (Å²) in [6.45, 7) is 10.1. The summed E-state index contributed by atoms with van der Waals surface area (Å²) in [5.41, 5.74) is 0.0871. The summed E-state index contributed by atoms with van der Waals surface area (Å²) in [5, 5.41) is 2.55. The van der Waals surface area contributed by atoms with E-state index in [2.05, 4.69) is 5.32 Å². The van der Waals surface area contributed by atoms with Gasteiger partial charge in [0.1, 0.15) is 17.4 Å². The van der Waals surface area contributed by atoms with Gasteiger partial charge in [-0.2, -0.15) is 0 Å². The Morgan fingerprint density at radius 3 is 2.12 bits per heavy atom. The highest BCUT2D eigenvalue weighted by molar-refractivity contribution is 5.86. The van der Waals surface area contributed by atoms with Gasteiger partial charge in [-0.05, 0) is 53.5 Å². The van der Waals surface area contributed by atoms with Gasteiger partial charge in [-0.15, -0.1) is 0 Å². The normalized spacial score (nSPS) is 13.7. The summed E-state index contributed by atoms with van der Waals surface area (Å²) in [6, 6.07) is 8.17. The van der Waals surface area contributed by atoms with Crippen molar-refractivity contribution in [3.63, 3.8) is 0 Å². The Balaban J connectivity index is 3.00. The number of carbonyl (C=O) groups is 3. The fourth-order valence-corrected chi connectivity index (χ4v) is 2.44. The average Bonchev–Trinajstić information content (AvgIpc) is 2.49. The van der Waals surface area contributed by atoms with E-state index in [1.165, 1.54) is 6.92 Å². The van der Waals surface area contributed by atoms with Crippen LogP contribution in [0.5, 0.6) is 0 Å². The Bertz CT molecular complexity index is 619. The molecular weight excluding hydrogens is 334 g/mol. The maximum Gasteiger partial charge on any atom is 0.408 e. The van der Waals surface area contributed by atoms with Crippen molar-refractivity contribution in [3.8, 4) is 0 Å². The number of benzene rings is 1. The first-order chi connectivity index (χ1) is 12.0. The highest BCUT2D eigenvalue weighted by Gasteiger charge is 2.31. The van der Waals surface area contributed by atoms with Crippen molar-refractivity contribution >= 4 is 17.8 Å². The van der Waals surface area contributed by atoms with Gasteiger partial charge in [-0.25, -0.2) is 9.59 Å². The molecule has 1 N–H and O–H groups in total. The molecule has 1 rings (SSSR count). The third-order valence-corrected chi connectivity index (χ3v) is 3.49. The van der Waals surface area contributed by atoms with Gasteiger partial charge in [0, 0.05) is 5.92 Å². The molecule has 0 bridgehead atoms. The molecule has 2 atom stereocenters. The zero-order valence-corrected chi connectivity index (χ0v) is 16.4. The molecule has 0 saturated carbocycles. The zero-order valence-electron chi connectivity index (χ0n) is 16.4. The maximum absolute atomic E-state index is 12.4. The van der Waals surface area contributed by atoms with Crippen LogP contribution >= 0.6 is 0 Å². The molecule has 6 heteroatoms. The van der Waals surface area contributed by atoms with Gasteiger partial charge >= 0.3 is 12.1 Å². The minimum absolute atomic E-state index is 0.0930. The van der Waals surface area contributed by atoms with Crippen LogP contribution in [0.1, 0.15) is 59.4 Å². The molecular formula is C20H29NO5. The number of carbonyl (C=O) groups excluding carboxylic acids is 3. The number of Topliss-reactive ketones (excluding diaryl/α,β-unsaturated/α-hetero) is 1. The molecule has 26 heavy (non-hydrogen) atoms. The molecule has 0 aromatic heterocycles. The second-order valence-corrected chi connectivity index (χ2v) is 7.49. The number of amides is 1. The highest BCUT2D eigenvalue weighted by atomic mass is 16.6. The van der Waals surface area contributed by atoms with Crippen molar-refractivity contribution in [2.24, 2.45) is 0 Å². The Morgan fingerprint density at radius 1 is 1.08 bits per heavy atom. The maximum atomic E-state index is 12.4. The second-order valence-electron chi connectivity index (χ2n) is 7.49. The Kier molecular flexibility index (Phi) is 7.80. The number of alkyl carbamates (subject to hydrolysis) is 1. The zero-order chi connectivity index (χ0) is 19.9. The van der Waals surface area contributed by atoms with Crippen molar-refractivity contribution in [1.82, 2.24) is 5.32 Å². The standard InChI is InChI=1S/C20H29NO5/c1-13(2)25-18(23)17(21-19(24)26-20(4,5)6)12-16(14(3)22)15-10-8-7-9-11-15/h7-11,13,16-17H,12H2,1-6H3,(H,21,24). The molecule has 1 aromatic rings. The van der Waals surface area contributed by atoms with Gasteiger partial charge in [0.05, 0.1) is 6.10 Å². The fourth-order valence-electron chi connectivity index (χ4n) is 2.44. The molecule has 0 radical (unpaired) electrons. The predicted molar refractivity (Wildman–Crippen MR) is 98.9 cm³/mol. The van der Waals surface area contributed by atoms with E-state index in [9.17, 15) is 14.4 Å². The van der Waals surface area contributed by atoms with Crippen LogP contribution in [0.3, 0.4) is 0 Å². The Hall–Kier alpha value is -2.37. The number of esters is 1. The van der Waals surface area contributed by atoms with E-state index in [0.29, 0.717) is 0 Å². The summed E-state index contributed by atoms with van der Waals surface area (Å²) in [4.78, 5) is 36.7. The van der Waals surface area contributed by atoms with Crippen LogP contribution in [0.15, 0.2) is 30.3 Å². The van der Waals surface area contributed by atoms with E-state index in [1.807, 2.05) is 30.3 Å². The summed E-state index contributed by atoms with van der Waals surface area (Å²) in [7, 11) is 0. The van der Waals surface area contributed by atoms with Gasteiger partial charge in [0.2, 0.25) is 0 Å². The minimum Gasteiger partial charge on any atom is -0.461 e. The molecule has 0 aliphatic heterocycles. The van der Waals surface area contributed by atoms with Crippen molar-refractivity contribution < 1.29 is 23.9 Å². The van der Waals surface area contributed by atoms with Crippen LogP contribution in [0.25, 0.3) is 0 Å². The smallest absolute Gasteiger partial charge is 0.408 e. The van der Waals surface area contributed by atoms with Gasteiger partial charge in [-0.3, -0.25) is 4.79 Å². The molecule has 0 heterocycles. The lowest BCUT2D eigenvalue weighted by atomic mass is 9.89.